The molecule has 1 aliphatic heterocycles. The molecule has 0 spiro atoms. The molecule has 1 aliphatic rings. The van der Waals surface area contributed by atoms with E-state index in [-0.39, 0.29) is 0 Å². The van der Waals surface area contributed by atoms with Gasteiger partial charge in [-0.2, -0.15) is 0 Å². The Hall–Kier alpha value is 0.210. The Bertz CT molecular complexity index is 143. The molecule has 0 aliphatic carbocycles. The molecular formula is C10H20ClNO. The summed E-state index contributed by atoms with van der Waals surface area (Å²) in [6, 6.07) is 0.596. The minimum absolute atomic E-state index is 0.596. The van der Waals surface area contributed by atoms with Gasteiger partial charge in [-0.25, -0.2) is 0 Å². The van der Waals surface area contributed by atoms with Gasteiger partial charge in [0.1, 0.15) is 0 Å². The van der Waals surface area contributed by atoms with E-state index in [0.29, 0.717) is 6.04 Å². The molecule has 3 heteroatoms. The van der Waals surface area contributed by atoms with Crippen LogP contribution in [0.3, 0.4) is 0 Å². The first kappa shape index (κ1) is 11.3. The Kier molecular flexibility index (Phi) is 5.07. The molecule has 1 heterocycles. The predicted molar refractivity (Wildman–Crippen MR) is 56.4 cm³/mol. The highest BCUT2D eigenvalue weighted by Gasteiger charge is 2.29. The van der Waals surface area contributed by atoms with Gasteiger partial charge in [-0.15, -0.1) is 11.6 Å². The van der Waals surface area contributed by atoms with E-state index in [2.05, 4.69) is 11.8 Å². The van der Waals surface area contributed by atoms with Crippen LogP contribution in [0.15, 0.2) is 0 Å². The molecule has 1 saturated heterocycles. The fraction of sp³-hybridized carbons (Fsp3) is 1.00. The van der Waals surface area contributed by atoms with Crippen molar-refractivity contribution in [2.24, 2.45) is 5.92 Å². The highest BCUT2D eigenvalue weighted by Crippen LogP contribution is 2.24. The van der Waals surface area contributed by atoms with E-state index in [9.17, 15) is 0 Å². The van der Waals surface area contributed by atoms with Gasteiger partial charge in [-0.05, 0) is 25.3 Å². The van der Waals surface area contributed by atoms with Crippen molar-refractivity contribution in [3.63, 3.8) is 0 Å². The molecular weight excluding hydrogens is 186 g/mol. The molecule has 0 aromatic rings. The summed E-state index contributed by atoms with van der Waals surface area (Å²) in [4.78, 5) is 2.50. The molecule has 2 nitrogen and oxygen atoms in total. The molecule has 0 radical (unpaired) electrons. The van der Waals surface area contributed by atoms with E-state index in [1.54, 1.807) is 7.11 Å². The van der Waals surface area contributed by atoms with Gasteiger partial charge in [0.25, 0.3) is 0 Å². The van der Waals surface area contributed by atoms with Gasteiger partial charge < -0.3 is 4.74 Å². The zero-order chi connectivity index (χ0) is 9.68. The maximum absolute atomic E-state index is 5.94. The van der Waals surface area contributed by atoms with Crippen LogP contribution in [0.25, 0.3) is 0 Å². The molecule has 0 saturated carbocycles. The summed E-state index contributed by atoms with van der Waals surface area (Å²) in [5.41, 5.74) is 0. The van der Waals surface area contributed by atoms with Crippen molar-refractivity contribution < 1.29 is 4.74 Å². The lowest BCUT2D eigenvalue weighted by Gasteiger charge is -2.24. The molecule has 1 rings (SSSR count). The minimum atomic E-state index is 0.596. The van der Waals surface area contributed by atoms with Crippen LogP contribution in [-0.4, -0.2) is 43.6 Å². The lowest BCUT2D eigenvalue weighted by Crippen LogP contribution is -2.34. The first-order chi connectivity index (χ1) is 6.29. The molecule has 2 unspecified atom stereocenters. The SMILES string of the molecule is COCCCN1CCC(C)C1CCl. The van der Waals surface area contributed by atoms with Gasteiger partial charge in [-0.1, -0.05) is 6.92 Å². The van der Waals surface area contributed by atoms with Crippen molar-refractivity contribution in [1.29, 1.82) is 0 Å². The standard InChI is InChI=1S/C10H20ClNO/c1-9-4-6-12(10(9)8-11)5-3-7-13-2/h9-10H,3-8H2,1-2H3. The summed E-state index contributed by atoms with van der Waals surface area (Å²) in [6.45, 7) is 5.50. The van der Waals surface area contributed by atoms with Gasteiger partial charge in [0.2, 0.25) is 0 Å². The van der Waals surface area contributed by atoms with Gasteiger partial charge in [0, 0.05) is 32.2 Å². The van der Waals surface area contributed by atoms with Crippen LogP contribution in [0, 0.1) is 5.92 Å². The monoisotopic (exact) mass is 205 g/mol. The van der Waals surface area contributed by atoms with Crippen molar-refractivity contribution in [1.82, 2.24) is 4.90 Å². The average Bonchev–Trinajstić information content (AvgIpc) is 2.47. The Labute approximate surface area is 86.2 Å². The van der Waals surface area contributed by atoms with Gasteiger partial charge in [0.05, 0.1) is 0 Å². The third kappa shape index (κ3) is 3.12. The Morgan fingerprint density at radius 3 is 2.92 bits per heavy atom. The second kappa shape index (κ2) is 5.84. The normalized spacial score (nSPS) is 29.8. The lowest BCUT2D eigenvalue weighted by atomic mass is 10.1. The van der Waals surface area contributed by atoms with E-state index < -0.39 is 0 Å². The molecule has 78 valence electrons. The number of ether oxygens (including phenoxy) is 1. The molecule has 0 aromatic heterocycles. The van der Waals surface area contributed by atoms with Crippen molar-refractivity contribution in [3.05, 3.63) is 0 Å². The number of hydrogen-bond acceptors (Lipinski definition) is 2. The fourth-order valence-electron chi connectivity index (χ4n) is 2.03. The van der Waals surface area contributed by atoms with Crippen molar-refractivity contribution in [3.8, 4) is 0 Å². The van der Waals surface area contributed by atoms with Crippen LogP contribution in [0.5, 0.6) is 0 Å². The number of hydrogen-bond donors (Lipinski definition) is 0. The van der Waals surface area contributed by atoms with Crippen molar-refractivity contribution >= 4 is 11.6 Å². The number of rotatable bonds is 5. The Morgan fingerprint density at radius 1 is 1.54 bits per heavy atom. The summed E-state index contributed by atoms with van der Waals surface area (Å²) in [5.74, 6) is 1.54. The highest BCUT2D eigenvalue weighted by atomic mass is 35.5. The zero-order valence-corrected chi connectivity index (χ0v) is 9.39. The minimum Gasteiger partial charge on any atom is -0.385 e. The van der Waals surface area contributed by atoms with Crippen molar-refractivity contribution in [2.75, 3.05) is 32.7 Å². The fourth-order valence-corrected chi connectivity index (χ4v) is 2.53. The second-order valence-corrected chi connectivity index (χ2v) is 4.18. The molecule has 1 fully saturated rings. The molecule has 0 aromatic carbocycles. The largest absolute Gasteiger partial charge is 0.385 e. The highest BCUT2D eigenvalue weighted by molar-refractivity contribution is 6.18. The van der Waals surface area contributed by atoms with Crippen LogP contribution in [0.4, 0.5) is 0 Å². The van der Waals surface area contributed by atoms with Crippen LogP contribution >= 0.6 is 11.6 Å². The average molecular weight is 206 g/mol. The van der Waals surface area contributed by atoms with E-state index in [1.165, 1.54) is 13.0 Å². The van der Waals surface area contributed by atoms with Crippen LogP contribution in [-0.2, 0) is 4.74 Å². The molecule has 0 N–H and O–H groups in total. The summed E-state index contributed by atoms with van der Waals surface area (Å²) in [5, 5.41) is 0. The number of alkyl halides is 1. The first-order valence-electron chi connectivity index (χ1n) is 5.08. The molecule has 13 heavy (non-hydrogen) atoms. The zero-order valence-electron chi connectivity index (χ0n) is 8.63. The van der Waals surface area contributed by atoms with Gasteiger partial charge in [0.15, 0.2) is 0 Å². The first-order valence-corrected chi connectivity index (χ1v) is 5.62. The summed E-state index contributed by atoms with van der Waals surface area (Å²) in [6.07, 6.45) is 2.42. The number of methoxy groups -OCH3 is 1. The number of halogens is 1. The van der Waals surface area contributed by atoms with Crippen LogP contribution in [0.1, 0.15) is 19.8 Å². The third-order valence-corrected chi connectivity index (χ3v) is 3.27. The van der Waals surface area contributed by atoms with Crippen LogP contribution in [0.2, 0.25) is 0 Å². The molecule has 2 atom stereocenters. The van der Waals surface area contributed by atoms with E-state index in [1.807, 2.05) is 0 Å². The van der Waals surface area contributed by atoms with Gasteiger partial charge in [-0.3, -0.25) is 4.90 Å². The molecule has 0 bridgehead atoms. The topological polar surface area (TPSA) is 12.5 Å². The maximum Gasteiger partial charge on any atom is 0.0474 e. The second-order valence-electron chi connectivity index (χ2n) is 3.87. The van der Waals surface area contributed by atoms with Crippen LogP contribution < -0.4 is 0 Å². The summed E-state index contributed by atoms with van der Waals surface area (Å²) in [7, 11) is 1.76. The summed E-state index contributed by atoms with van der Waals surface area (Å²) < 4.78 is 5.04. The van der Waals surface area contributed by atoms with Gasteiger partial charge >= 0.3 is 0 Å². The van der Waals surface area contributed by atoms with E-state index in [4.69, 9.17) is 16.3 Å². The maximum atomic E-state index is 5.94. The lowest BCUT2D eigenvalue weighted by molar-refractivity contribution is 0.167. The third-order valence-electron chi connectivity index (χ3n) is 2.95. The number of likely N-dealkylation sites (tertiary alicyclic amines) is 1. The summed E-state index contributed by atoms with van der Waals surface area (Å²) >= 11 is 5.94. The Morgan fingerprint density at radius 2 is 2.31 bits per heavy atom. The van der Waals surface area contributed by atoms with E-state index >= 15 is 0 Å². The van der Waals surface area contributed by atoms with E-state index in [0.717, 1.165) is 31.4 Å². The molecule has 0 amide bonds. The van der Waals surface area contributed by atoms with Crippen molar-refractivity contribution in [2.45, 2.75) is 25.8 Å². The Balaban J connectivity index is 2.24. The smallest absolute Gasteiger partial charge is 0.0474 e. The number of nitrogens with zero attached hydrogens (tertiary/aromatic N) is 1. The predicted octanol–water partition coefficient (Wildman–Crippen LogP) is 1.97. The quantitative estimate of drug-likeness (QED) is 0.503.